The fraction of sp³-hybridized carbons (Fsp3) is 0.889. The fourth-order valence-electron chi connectivity index (χ4n) is 1.71. The highest BCUT2D eigenvalue weighted by Gasteiger charge is 2.23. The number of hydrogen-bond donors (Lipinski definition) is 0. The van der Waals surface area contributed by atoms with E-state index < -0.39 is 0 Å². The van der Waals surface area contributed by atoms with Crippen LogP contribution in [0.2, 0.25) is 0 Å². The molecule has 1 saturated heterocycles. The highest BCUT2D eigenvalue weighted by atomic mass is 16.1. The average molecular weight is 170 g/mol. The van der Waals surface area contributed by atoms with Crippen LogP contribution in [0, 0.1) is 0 Å². The fourth-order valence-corrected chi connectivity index (χ4v) is 1.71. The van der Waals surface area contributed by atoms with Crippen molar-refractivity contribution in [2.45, 2.75) is 19.4 Å². The van der Waals surface area contributed by atoms with Gasteiger partial charge in [0.05, 0.1) is 6.04 Å². The van der Waals surface area contributed by atoms with E-state index in [0.29, 0.717) is 0 Å². The van der Waals surface area contributed by atoms with Crippen LogP contribution in [0.3, 0.4) is 0 Å². The highest BCUT2D eigenvalue weighted by molar-refractivity contribution is 5.81. The van der Waals surface area contributed by atoms with Crippen molar-refractivity contribution in [2.24, 2.45) is 0 Å². The first-order valence-electron chi connectivity index (χ1n) is 4.50. The number of Topliss-reactive ketones (excluding diaryl/α,β-unsaturated/α-hetero) is 1. The van der Waals surface area contributed by atoms with Gasteiger partial charge in [0.2, 0.25) is 0 Å². The summed E-state index contributed by atoms with van der Waals surface area (Å²) in [7, 11) is 4.11. The Balaban J connectivity index is 2.60. The lowest BCUT2D eigenvalue weighted by molar-refractivity contribution is -0.121. The van der Waals surface area contributed by atoms with Gasteiger partial charge in [0.25, 0.3) is 0 Å². The first-order chi connectivity index (χ1) is 5.61. The van der Waals surface area contributed by atoms with Crippen LogP contribution >= 0.6 is 0 Å². The number of ketones is 1. The zero-order valence-electron chi connectivity index (χ0n) is 8.21. The van der Waals surface area contributed by atoms with Crippen molar-refractivity contribution in [1.82, 2.24) is 9.80 Å². The molecule has 70 valence electrons. The summed E-state index contributed by atoms with van der Waals surface area (Å²) in [5.74, 6) is 0.284. The molecule has 1 unspecified atom stereocenters. The van der Waals surface area contributed by atoms with Gasteiger partial charge in [0, 0.05) is 6.54 Å². The summed E-state index contributed by atoms with van der Waals surface area (Å²) in [6, 6.07) is 0.109. The molecular formula is C9H18N2O. The van der Waals surface area contributed by atoms with Crippen LogP contribution < -0.4 is 0 Å². The lowest BCUT2D eigenvalue weighted by atomic mass is 10.2. The van der Waals surface area contributed by atoms with Gasteiger partial charge in [0.1, 0.15) is 5.78 Å². The summed E-state index contributed by atoms with van der Waals surface area (Å²) in [5, 5.41) is 0. The van der Waals surface area contributed by atoms with Crippen LogP contribution in [0.15, 0.2) is 0 Å². The predicted molar refractivity (Wildman–Crippen MR) is 49.2 cm³/mol. The van der Waals surface area contributed by atoms with Gasteiger partial charge in [-0.15, -0.1) is 0 Å². The Morgan fingerprint density at radius 1 is 1.33 bits per heavy atom. The topological polar surface area (TPSA) is 23.6 Å². The van der Waals surface area contributed by atoms with E-state index in [1.54, 1.807) is 6.92 Å². The van der Waals surface area contributed by atoms with Crippen molar-refractivity contribution >= 4 is 5.78 Å². The van der Waals surface area contributed by atoms with Crippen LogP contribution in [-0.2, 0) is 4.79 Å². The number of carbonyl (C=O) groups excluding carboxylic acids is 1. The minimum Gasteiger partial charge on any atom is -0.304 e. The number of carbonyl (C=O) groups is 1. The molecule has 1 atom stereocenters. The molecule has 0 aromatic carbocycles. The van der Waals surface area contributed by atoms with E-state index in [1.807, 2.05) is 7.05 Å². The molecule has 12 heavy (non-hydrogen) atoms. The van der Waals surface area contributed by atoms with Crippen molar-refractivity contribution in [2.75, 3.05) is 33.7 Å². The molecule has 1 rings (SSSR count). The maximum absolute atomic E-state index is 11.2. The molecule has 0 saturated carbocycles. The Morgan fingerprint density at radius 2 is 2.00 bits per heavy atom. The Hall–Kier alpha value is -0.410. The molecule has 1 heterocycles. The van der Waals surface area contributed by atoms with E-state index in [4.69, 9.17) is 0 Å². The second-order valence-electron chi connectivity index (χ2n) is 3.72. The van der Waals surface area contributed by atoms with Crippen molar-refractivity contribution in [1.29, 1.82) is 0 Å². The molecule has 0 spiro atoms. The third-order valence-electron chi connectivity index (χ3n) is 2.54. The summed E-state index contributed by atoms with van der Waals surface area (Å²) in [6.45, 7) is 4.70. The summed E-state index contributed by atoms with van der Waals surface area (Å²) in [5.41, 5.74) is 0. The van der Waals surface area contributed by atoms with Crippen LogP contribution in [-0.4, -0.2) is 55.4 Å². The first-order valence-corrected chi connectivity index (χ1v) is 4.50. The molecular weight excluding hydrogens is 152 g/mol. The molecule has 0 aromatic heterocycles. The largest absolute Gasteiger partial charge is 0.304 e. The Morgan fingerprint density at radius 3 is 2.58 bits per heavy atom. The van der Waals surface area contributed by atoms with Gasteiger partial charge in [-0.3, -0.25) is 9.69 Å². The SMILES string of the molecule is CC(=O)C1CN(C)CCCN1C. The second-order valence-corrected chi connectivity index (χ2v) is 3.72. The lowest BCUT2D eigenvalue weighted by Gasteiger charge is -2.24. The van der Waals surface area contributed by atoms with Crippen molar-refractivity contribution in [3.05, 3.63) is 0 Å². The maximum atomic E-state index is 11.2. The third kappa shape index (κ3) is 2.29. The maximum Gasteiger partial charge on any atom is 0.148 e. The molecule has 0 aliphatic carbocycles. The van der Waals surface area contributed by atoms with Gasteiger partial charge in [-0.25, -0.2) is 0 Å². The molecule has 3 heteroatoms. The van der Waals surface area contributed by atoms with Crippen molar-refractivity contribution in [3.63, 3.8) is 0 Å². The van der Waals surface area contributed by atoms with Crippen LogP contribution in [0.25, 0.3) is 0 Å². The summed E-state index contributed by atoms with van der Waals surface area (Å²) in [4.78, 5) is 15.6. The van der Waals surface area contributed by atoms with Crippen LogP contribution in [0.1, 0.15) is 13.3 Å². The van der Waals surface area contributed by atoms with E-state index in [2.05, 4.69) is 16.8 Å². The van der Waals surface area contributed by atoms with Crippen LogP contribution in [0.4, 0.5) is 0 Å². The van der Waals surface area contributed by atoms with Crippen LogP contribution in [0.5, 0.6) is 0 Å². The Kier molecular flexibility index (Phi) is 3.23. The summed E-state index contributed by atoms with van der Waals surface area (Å²) in [6.07, 6.45) is 1.16. The van der Waals surface area contributed by atoms with Gasteiger partial charge in [-0.1, -0.05) is 0 Å². The zero-order chi connectivity index (χ0) is 9.14. The molecule has 0 bridgehead atoms. The molecule has 3 nitrogen and oxygen atoms in total. The molecule has 0 aromatic rings. The molecule has 1 fully saturated rings. The van der Waals surface area contributed by atoms with Crippen molar-refractivity contribution < 1.29 is 4.79 Å². The minimum atomic E-state index is 0.109. The van der Waals surface area contributed by atoms with E-state index >= 15 is 0 Å². The number of likely N-dealkylation sites (N-methyl/N-ethyl adjacent to an activating group) is 2. The van der Waals surface area contributed by atoms with Gasteiger partial charge in [-0.2, -0.15) is 0 Å². The summed E-state index contributed by atoms with van der Waals surface area (Å²) < 4.78 is 0. The lowest BCUT2D eigenvalue weighted by Crippen LogP contribution is -2.42. The molecule has 0 amide bonds. The zero-order valence-corrected chi connectivity index (χ0v) is 8.21. The summed E-state index contributed by atoms with van der Waals surface area (Å²) >= 11 is 0. The predicted octanol–water partition coefficient (Wildman–Crippen LogP) is 0.211. The Bertz CT molecular complexity index is 170. The number of rotatable bonds is 1. The van der Waals surface area contributed by atoms with Gasteiger partial charge >= 0.3 is 0 Å². The van der Waals surface area contributed by atoms with E-state index in [9.17, 15) is 4.79 Å². The standard InChI is InChI=1S/C9H18N2O/c1-8(12)9-7-10(2)5-4-6-11(9)3/h9H,4-7H2,1-3H3. The number of nitrogens with zero attached hydrogens (tertiary/aromatic N) is 2. The second kappa shape index (κ2) is 4.01. The molecule has 1 aliphatic heterocycles. The molecule has 0 radical (unpaired) electrons. The third-order valence-corrected chi connectivity index (χ3v) is 2.54. The monoisotopic (exact) mass is 170 g/mol. The normalized spacial score (nSPS) is 28.4. The average Bonchev–Trinajstić information content (AvgIpc) is 2.13. The smallest absolute Gasteiger partial charge is 0.148 e. The van der Waals surface area contributed by atoms with Gasteiger partial charge in [-0.05, 0) is 40.5 Å². The van der Waals surface area contributed by atoms with Gasteiger partial charge < -0.3 is 4.90 Å². The first kappa shape index (κ1) is 9.68. The van der Waals surface area contributed by atoms with Crippen molar-refractivity contribution in [3.8, 4) is 0 Å². The Labute approximate surface area is 74.3 Å². The van der Waals surface area contributed by atoms with E-state index in [0.717, 1.165) is 26.1 Å². The molecule has 1 aliphatic rings. The number of hydrogen-bond acceptors (Lipinski definition) is 3. The van der Waals surface area contributed by atoms with E-state index in [-0.39, 0.29) is 11.8 Å². The van der Waals surface area contributed by atoms with Gasteiger partial charge in [0.15, 0.2) is 0 Å². The minimum absolute atomic E-state index is 0.109. The molecule has 0 N–H and O–H groups in total. The highest BCUT2D eigenvalue weighted by Crippen LogP contribution is 2.06. The quantitative estimate of drug-likeness (QED) is 0.562. The van der Waals surface area contributed by atoms with E-state index in [1.165, 1.54) is 0 Å².